The Bertz CT molecular complexity index is 1990. The van der Waals surface area contributed by atoms with Crippen molar-refractivity contribution in [2.45, 2.75) is 32.0 Å². The Morgan fingerprint density at radius 2 is 1.62 bits per heavy atom. The molecule has 5 aromatic rings. The Balaban J connectivity index is 1.32. The molecule has 9 nitrogen and oxygen atoms in total. The minimum absolute atomic E-state index is 0.0263. The van der Waals surface area contributed by atoms with E-state index in [0.717, 1.165) is 11.1 Å². The van der Waals surface area contributed by atoms with Gasteiger partial charge in [0.15, 0.2) is 5.60 Å². The van der Waals surface area contributed by atoms with Gasteiger partial charge in [0, 0.05) is 36.4 Å². The molecule has 6 rings (SSSR count). The molecule has 0 unspecified atom stereocenters. The zero-order chi connectivity index (χ0) is 33.0. The van der Waals surface area contributed by atoms with Crippen molar-refractivity contribution in [3.8, 4) is 5.69 Å². The Morgan fingerprint density at radius 1 is 0.936 bits per heavy atom. The summed E-state index contributed by atoms with van der Waals surface area (Å²) < 4.78 is 1.27. The fraction of sp³-hybridized carbons (Fsp3) is 0.211. The zero-order valence-electron chi connectivity index (χ0n) is 26.1. The van der Waals surface area contributed by atoms with Gasteiger partial charge in [0.05, 0.1) is 36.1 Å². The van der Waals surface area contributed by atoms with Gasteiger partial charge >= 0.3 is 0 Å². The number of benzene rings is 4. The molecule has 4 aromatic carbocycles. The molecule has 1 aliphatic heterocycles. The highest BCUT2D eigenvalue weighted by atomic mass is 16.3. The lowest BCUT2D eigenvalue weighted by molar-refractivity contribution is -0.139. The molecule has 238 valence electrons. The molecule has 9 heteroatoms. The Morgan fingerprint density at radius 3 is 2.34 bits per heavy atom. The van der Waals surface area contributed by atoms with Crippen LogP contribution in [0, 0.1) is 5.92 Å². The van der Waals surface area contributed by atoms with Crippen LogP contribution in [-0.2, 0) is 28.3 Å². The van der Waals surface area contributed by atoms with Gasteiger partial charge in [-0.2, -0.15) is 9.78 Å². The van der Waals surface area contributed by atoms with Crippen molar-refractivity contribution in [2.24, 2.45) is 5.92 Å². The van der Waals surface area contributed by atoms with Crippen molar-refractivity contribution in [2.75, 3.05) is 18.1 Å². The quantitative estimate of drug-likeness (QED) is 0.205. The molecule has 0 radical (unpaired) electrons. The highest BCUT2D eigenvalue weighted by Crippen LogP contribution is 2.46. The van der Waals surface area contributed by atoms with Crippen LogP contribution in [0.1, 0.15) is 30.0 Å². The van der Waals surface area contributed by atoms with Gasteiger partial charge in [-0.05, 0) is 35.4 Å². The number of hydrogen-bond acceptors (Lipinski definition) is 6. The average molecular weight is 629 g/mol. The van der Waals surface area contributed by atoms with Crippen LogP contribution < -0.4 is 10.5 Å². The van der Waals surface area contributed by atoms with Crippen LogP contribution >= 0.6 is 0 Å². The number of aromatic nitrogens is 2. The predicted molar refractivity (Wildman–Crippen MR) is 181 cm³/mol. The number of aliphatic hydroxyl groups is 2. The summed E-state index contributed by atoms with van der Waals surface area (Å²) in [5, 5.41) is 27.5. The predicted octanol–water partition coefficient (Wildman–Crippen LogP) is 4.72. The molecule has 2 amide bonds. The number of fused-ring (bicyclic) bond motifs is 2. The van der Waals surface area contributed by atoms with Gasteiger partial charge in [-0.3, -0.25) is 14.4 Å². The molecule has 2 heterocycles. The van der Waals surface area contributed by atoms with E-state index in [9.17, 15) is 24.6 Å². The van der Waals surface area contributed by atoms with Crippen LogP contribution in [0.2, 0.25) is 0 Å². The number of rotatable bonds is 11. The van der Waals surface area contributed by atoms with Crippen molar-refractivity contribution in [1.82, 2.24) is 14.7 Å². The first-order valence-electron chi connectivity index (χ1n) is 15.6. The van der Waals surface area contributed by atoms with Crippen LogP contribution in [0.4, 0.5) is 5.69 Å². The highest BCUT2D eigenvalue weighted by Gasteiger charge is 2.52. The number of anilines is 1. The minimum Gasteiger partial charge on any atom is -0.395 e. The lowest BCUT2D eigenvalue weighted by Crippen LogP contribution is -2.44. The number of aliphatic hydroxyl groups excluding tert-OH is 1. The fourth-order valence-electron chi connectivity index (χ4n) is 6.12. The summed E-state index contributed by atoms with van der Waals surface area (Å²) in [7, 11) is 0. The second-order valence-corrected chi connectivity index (χ2v) is 11.7. The van der Waals surface area contributed by atoms with Crippen molar-refractivity contribution >= 4 is 28.3 Å². The molecule has 0 aliphatic carbocycles. The van der Waals surface area contributed by atoms with Gasteiger partial charge in [0.25, 0.3) is 11.5 Å². The summed E-state index contributed by atoms with van der Waals surface area (Å²) in [6.45, 7) is 2.36. The third-order valence-corrected chi connectivity index (χ3v) is 8.69. The number of carbonyl (C=O) groups excluding carboxylic acids is 2. The summed E-state index contributed by atoms with van der Waals surface area (Å²) in [5.41, 5.74) is 0.854. The maximum absolute atomic E-state index is 14.2. The van der Waals surface area contributed by atoms with E-state index in [1.165, 1.54) is 4.68 Å². The maximum Gasteiger partial charge on any atom is 0.279 e. The molecular weight excluding hydrogens is 592 g/mol. The first kappa shape index (κ1) is 31.6. The number of amides is 2. The van der Waals surface area contributed by atoms with E-state index >= 15 is 0 Å². The van der Waals surface area contributed by atoms with E-state index in [4.69, 9.17) is 0 Å². The summed E-state index contributed by atoms with van der Waals surface area (Å²) >= 11 is 0. The second kappa shape index (κ2) is 13.5. The van der Waals surface area contributed by atoms with Gasteiger partial charge in [-0.15, -0.1) is 0 Å². The van der Waals surface area contributed by atoms with Crippen LogP contribution in [0.15, 0.2) is 126 Å². The monoisotopic (exact) mass is 628 g/mol. The van der Waals surface area contributed by atoms with Gasteiger partial charge in [-0.25, -0.2) is 0 Å². The van der Waals surface area contributed by atoms with Crippen molar-refractivity contribution in [3.05, 3.63) is 149 Å². The lowest BCUT2D eigenvalue weighted by Gasteiger charge is -2.28. The van der Waals surface area contributed by atoms with Crippen molar-refractivity contribution in [1.29, 1.82) is 0 Å². The molecule has 0 saturated heterocycles. The maximum atomic E-state index is 14.2. The fourth-order valence-corrected chi connectivity index (χ4v) is 6.12. The molecule has 0 fully saturated rings. The molecule has 0 bridgehead atoms. The van der Waals surface area contributed by atoms with Gasteiger partial charge in [-0.1, -0.05) is 97.9 Å². The zero-order valence-corrected chi connectivity index (χ0v) is 26.1. The van der Waals surface area contributed by atoms with Crippen LogP contribution in [-0.4, -0.2) is 49.9 Å². The standard InChI is InChI=1S/C38H36N4O5/c1-27(11-10-18-35(44)40(21-22-43)25-28-12-4-2-5-13-28)38(47)33-23-31(42-36(45)32-17-9-8-16-30(32)24-39-42)19-20-34(33)41(37(38)46)26-29-14-6-3-7-15-29/h2-17,19-20,23-24,27,43,47H,18,21-22,25-26H2,1H3/b11-10+/t27-,38+/m0/s1. The summed E-state index contributed by atoms with van der Waals surface area (Å²) in [6.07, 6.45) is 4.98. The third kappa shape index (κ3) is 6.23. The van der Waals surface area contributed by atoms with E-state index in [2.05, 4.69) is 5.10 Å². The molecule has 47 heavy (non-hydrogen) atoms. The SMILES string of the molecule is C[C@@H](/C=C/CC(=O)N(CCO)Cc1ccccc1)[C@]1(O)C(=O)N(Cc2ccccc2)c2ccc(-n3ncc4ccccc4c3=O)cc21. The van der Waals surface area contributed by atoms with Crippen LogP contribution in [0.25, 0.3) is 16.5 Å². The highest BCUT2D eigenvalue weighted by molar-refractivity contribution is 6.07. The first-order valence-corrected chi connectivity index (χ1v) is 15.6. The molecule has 2 atom stereocenters. The topological polar surface area (TPSA) is 116 Å². The largest absolute Gasteiger partial charge is 0.395 e. The molecule has 1 aliphatic rings. The van der Waals surface area contributed by atoms with E-state index in [-0.39, 0.29) is 37.6 Å². The van der Waals surface area contributed by atoms with E-state index in [0.29, 0.717) is 34.3 Å². The Labute approximate surface area is 272 Å². The molecule has 2 N–H and O–H groups in total. The number of hydrogen-bond donors (Lipinski definition) is 2. The second-order valence-electron chi connectivity index (χ2n) is 11.7. The molecular formula is C38H36N4O5. The first-order chi connectivity index (χ1) is 22.8. The van der Waals surface area contributed by atoms with Gasteiger partial charge in [0.1, 0.15) is 0 Å². The Hall–Kier alpha value is -5.38. The summed E-state index contributed by atoms with van der Waals surface area (Å²) in [5.74, 6) is -1.42. The lowest BCUT2D eigenvalue weighted by atomic mass is 9.82. The molecule has 1 aromatic heterocycles. The van der Waals surface area contributed by atoms with Crippen LogP contribution in [0.3, 0.4) is 0 Å². The van der Waals surface area contributed by atoms with E-state index in [1.54, 1.807) is 65.4 Å². The van der Waals surface area contributed by atoms with E-state index in [1.807, 2.05) is 72.8 Å². The molecule has 0 saturated carbocycles. The van der Waals surface area contributed by atoms with Crippen molar-refractivity contribution in [3.63, 3.8) is 0 Å². The summed E-state index contributed by atoms with van der Waals surface area (Å²) in [6, 6.07) is 31.4. The minimum atomic E-state index is -1.98. The van der Waals surface area contributed by atoms with Crippen LogP contribution in [0.5, 0.6) is 0 Å². The number of carbonyl (C=O) groups is 2. The normalized spacial score (nSPS) is 16.5. The third-order valence-electron chi connectivity index (χ3n) is 8.69. The smallest absolute Gasteiger partial charge is 0.279 e. The van der Waals surface area contributed by atoms with Gasteiger partial charge in [0.2, 0.25) is 5.91 Å². The van der Waals surface area contributed by atoms with Crippen molar-refractivity contribution < 1.29 is 19.8 Å². The van der Waals surface area contributed by atoms with E-state index < -0.39 is 17.4 Å². The molecule has 0 spiro atoms. The average Bonchev–Trinajstić information content (AvgIpc) is 3.31. The van der Waals surface area contributed by atoms with Gasteiger partial charge < -0.3 is 20.0 Å². The summed E-state index contributed by atoms with van der Waals surface area (Å²) in [4.78, 5) is 43.9. The number of nitrogens with zero attached hydrogens (tertiary/aromatic N) is 4. The Kier molecular flexibility index (Phi) is 9.10.